The number of aromatic nitrogens is 2. The van der Waals surface area contributed by atoms with Gasteiger partial charge in [0.25, 0.3) is 5.56 Å². The number of hydrogen-bond acceptors (Lipinski definition) is 5. The molecule has 0 fully saturated rings. The van der Waals surface area contributed by atoms with E-state index in [-0.39, 0.29) is 11.5 Å². The van der Waals surface area contributed by atoms with Crippen LogP contribution in [0.2, 0.25) is 0 Å². The van der Waals surface area contributed by atoms with E-state index in [2.05, 4.69) is 41.2 Å². The fourth-order valence-electron chi connectivity index (χ4n) is 2.96. The number of H-pyrrole nitrogens is 1. The first-order chi connectivity index (χ1) is 13.4. The molecule has 0 aliphatic carbocycles. The molecule has 1 amide bonds. The maximum Gasteiger partial charge on any atom is 0.259 e. The highest BCUT2D eigenvalue weighted by Crippen LogP contribution is 2.26. The minimum absolute atomic E-state index is 0.0656. The predicted octanol–water partition coefficient (Wildman–Crippen LogP) is 4.06. The van der Waals surface area contributed by atoms with E-state index in [1.807, 2.05) is 20.9 Å². The largest absolute Gasteiger partial charge is 0.341 e. The number of aromatic amines is 1. The van der Waals surface area contributed by atoms with Crippen molar-refractivity contribution in [2.24, 2.45) is 0 Å². The zero-order valence-electron chi connectivity index (χ0n) is 16.7. The molecule has 3 rings (SSSR count). The third-order valence-corrected chi connectivity index (χ3v) is 6.86. The normalized spacial score (nSPS) is 11.1. The zero-order valence-corrected chi connectivity index (χ0v) is 18.3. The Morgan fingerprint density at radius 2 is 1.89 bits per heavy atom. The summed E-state index contributed by atoms with van der Waals surface area (Å²) < 4.78 is 0. The van der Waals surface area contributed by atoms with E-state index >= 15 is 0 Å². The van der Waals surface area contributed by atoms with Crippen LogP contribution in [0.15, 0.2) is 29.1 Å². The van der Waals surface area contributed by atoms with Crippen LogP contribution in [0.5, 0.6) is 0 Å². The topological polar surface area (TPSA) is 66.1 Å². The molecule has 3 aromatic rings. The molecule has 0 atom stereocenters. The molecule has 148 valence electrons. The van der Waals surface area contributed by atoms with Crippen molar-refractivity contribution in [3.8, 4) is 0 Å². The summed E-state index contributed by atoms with van der Waals surface area (Å²) in [5, 5.41) is 0.682. The van der Waals surface area contributed by atoms with Gasteiger partial charge in [-0.1, -0.05) is 31.2 Å². The molecule has 0 bridgehead atoms. The van der Waals surface area contributed by atoms with Crippen molar-refractivity contribution in [2.45, 2.75) is 39.5 Å². The van der Waals surface area contributed by atoms with Gasteiger partial charge in [0.05, 0.1) is 16.9 Å². The van der Waals surface area contributed by atoms with E-state index in [4.69, 9.17) is 0 Å². The number of carbonyl (C=O) groups is 1. The van der Waals surface area contributed by atoms with Crippen LogP contribution in [0.25, 0.3) is 10.2 Å². The van der Waals surface area contributed by atoms with Gasteiger partial charge in [-0.05, 0) is 37.0 Å². The molecule has 5 nitrogen and oxygen atoms in total. The van der Waals surface area contributed by atoms with Crippen LogP contribution in [-0.4, -0.2) is 33.6 Å². The average Bonchev–Trinajstić information content (AvgIpc) is 2.96. The summed E-state index contributed by atoms with van der Waals surface area (Å²) in [6.45, 7) is 6.67. The van der Waals surface area contributed by atoms with Crippen molar-refractivity contribution in [2.75, 3.05) is 12.8 Å². The highest BCUT2D eigenvalue weighted by molar-refractivity contribution is 7.99. The molecule has 0 aliphatic rings. The smallest absolute Gasteiger partial charge is 0.259 e. The van der Waals surface area contributed by atoms with Gasteiger partial charge < -0.3 is 9.88 Å². The molecule has 2 heterocycles. The first kappa shape index (κ1) is 20.6. The van der Waals surface area contributed by atoms with Gasteiger partial charge in [-0.2, -0.15) is 0 Å². The molecule has 1 N–H and O–H groups in total. The number of thiophene rings is 1. The van der Waals surface area contributed by atoms with Crippen molar-refractivity contribution < 1.29 is 4.79 Å². The number of carbonyl (C=O) groups excluding carboxylic acids is 1. The Morgan fingerprint density at radius 1 is 1.21 bits per heavy atom. The quantitative estimate of drug-likeness (QED) is 0.632. The third kappa shape index (κ3) is 4.64. The number of thioether (sulfide) groups is 1. The van der Waals surface area contributed by atoms with Crippen LogP contribution in [0, 0.1) is 13.8 Å². The SMILES string of the molecule is CCc1ccc(CN(C)C(=O)CSCc2nc3sc(C)c(C)c3c(=O)[nH]2)cc1. The van der Waals surface area contributed by atoms with Crippen LogP contribution >= 0.6 is 23.1 Å². The van der Waals surface area contributed by atoms with Crippen molar-refractivity contribution in [3.63, 3.8) is 0 Å². The predicted molar refractivity (Wildman–Crippen MR) is 118 cm³/mol. The first-order valence-electron chi connectivity index (χ1n) is 9.27. The minimum Gasteiger partial charge on any atom is -0.341 e. The molecule has 0 radical (unpaired) electrons. The summed E-state index contributed by atoms with van der Waals surface area (Å²) in [6.07, 6.45) is 1.01. The summed E-state index contributed by atoms with van der Waals surface area (Å²) in [7, 11) is 1.82. The van der Waals surface area contributed by atoms with E-state index in [1.54, 1.807) is 4.90 Å². The molecule has 0 aliphatic heterocycles. The lowest BCUT2D eigenvalue weighted by atomic mass is 10.1. The van der Waals surface area contributed by atoms with E-state index in [1.165, 1.54) is 28.7 Å². The Bertz CT molecular complexity index is 1040. The van der Waals surface area contributed by atoms with Gasteiger partial charge in [-0.25, -0.2) is 4.98 Å². The number of aryl methyl sites for hydroxylation is 3. The number of nitrogens with zero attached hydrogens (tertiary/aromatic N) is 2. The molecule has 2 aromatic heterocycles. The number of nitrogens with one attached hydrogen (secondary N) is 1. The molecular formula is C21H25N3O2S2. The van der Waals surface area contributed by atoms with Crippen molar-refractivity contribution in [1.82, 2.24) is 14.9 Å². The Balaban J connectivity index is 1.55. The number of fused-ring (bicyclic) bond motifs is 1. The van der Waals surface area contributed by atoms with Crippen LogP contribution < -0.4 is 5.56 Å². The molecule has 0 unspecified atom stereocenters. The fourth-order valence-corrected chi connectivity index (χ4v) is 4.83. The second-order valence-electron chi connectivity index (χ2n) is 6.89. The lowest BCUT2D eigenvalue weighted by molar-refractivity contribution is -0.127. The molecule has 0 saturated heterocycles. The van der Waals surface area contributed by atoms with Crippen LogP contribution in [0.4, 0.5) is 0 Å². The van der Waals surface area contributed by atoms with E-state index in [0.29, 0.717) is 29.3 Å². The highest BCUT2D eigenvalue weighted by Gasteiger charge is 2.13. The minimum atomic E-state index is -0.0959. The van der Waals surface area contributed by atoms with E-state index < -0.39 is 0 Å². The maximum absolute atomic E-state index is 12.4. The average molecular weight is 416 g/mol. The first-order valence-corrected chi connectivity index (χ1v) is 11.2. The summed E-state index contributed by atoms with van der Waals surface area (Å²) in [5.74, 6) is 1.55. The molecule has 0 spiro atoms. The summed E-state index contributed by atoms with van der Waals surface area (Å²) in [5.41, 5.74) is 3.32. The molecule has 28 heavy (non-hydrogen) atoms. The molecule has 7 heteroatoms. The molecule has 1 aromatic carbocycles. The van der Waals surface area contributed by atoms with Gasteiger partial charge >= 0.3 is 0 Å². The number of benzene rings is 1. The van der Waals surface area contributed by atoms with Crippen LogP contribution in [0.3, 0.4) is 0 Å². The Labute approximate surface area is 173 Å². The molecule has 0 saturated carbocycles. The molecular weight excluding hydrogens is 390 g/mol. The number of rotatable bonds is 7. The van der Waals surface area contributed by atoms with E-state index in [0.717, 1.165) is 27.3 Å². The van der Waals surface area contributed by atoms with Gasteiger partial charge in [-0.15, -0.1) is 23.1 Å². The van der Waals surface area contributed by atoms with E-state index in [9.17, 15) is 9.59 Å². The zero-order chi connectivity index (χ0) is 20.3. The summed E-state index contributed by atoms with van der Waals surface area (Å²) in [4.78, 5) is 35.7. The second-order valence-corrected chi connectivity index (χ2v) is 9.08. The maximum atomic E-state index is 12.4. The highest BCUT2D eigenvalue weighted by atomic mass is 32.2. The van der Waals surface area contributed by atoms with Gasteiger partial charge in [0.15, 0.2) is 0 Å². The van der Waals surface area contributed by atoms with Gasteiger partial charge in [0.1, 0.15) is 10.7 Å². The van der Waals surface area contributed by atoms with Gasteiger partial charge in [0, 0.05) is 18.5 Å². The Morgan fingerprint density at radius 3 is 2.57 bits per heavy atom. The lowest BCUT2D eigenvalue weighted by Crippen LogP contribution is -2.27. The summed E-state index contributed by atoms with van der Waals surface area (Å²) >= 11 is 3.01. The fraction of sp³-hybridized carbons (Fsp3) is 0.381. The monoisotopic (exact) mass is 415 g/mol. The van der Waals surface area contributed by atoms with Crippen molar-refractivity contribution in [1.29, 1.82) is 0 Å². The number of amides is 1. The number of hydrogen-bond donors (Lipinski definition) is 1. The van der Waals surface area contributed by atoms with Crippen molar-refractivity contribution >= 4 is 39.2 Å². The van der Waals surface area contributed by atoms with Crippen LogP contribution in [-0.2, 0) is 23.5 Å². The lowest BCUT2D eigenvalue weighted by Gasteiger charge is -2.17. The second kappa shape index (κ2) is 8.92. The van der Waals surface area contributed by atoms with Gasteiger partial charge in [0.2, 0.25) is 5.91 Å². The van der Waals surface area contributed by atoms with Crippen molar-refractivity contribution in [3.05, 3.63) is 62.0 Å². The standard InChI is InChI=1S/C21H25N3O2S2/c1-5-15-6-8-16(9-7-15)10-24(4)18(25)12-27-11-17-22-20(26)19-13(2)14(3)28-21(19)23-17/h6-9H,5,10-12H2,1-4H3,(H,22,23,26). The Kier molecular flexibility index (Phi) is 6.57. The third-order valence-electron chi connectivity index (χ3n) is 4.83. The summed E-state index contributed by atoms with van der Waals surface area (Å²) in [6, 6.07) is 8.36. The van der Waals surface area contributed by atoms with Crippen LogP contribution in [0.1, 0.15) is 34.3 Å². The Hall–Kier alpha value is -2.12. The van der Waals surface area contributed by atoms with Gasteiger partial charge in [-0.3, -0.25) is 9.59 Å².